The van der Waals surface area contributed by atoms with E-state index in [9.17, 15) is 10.2 Å². The third kappa shape index (κ3) is 6.13. The maximum absolute atomic E-state index is 17.6. The summed E-state index contributed by atoms with van der Waals surface area (Å²) >= 11 is 0. The molecule has 9 rings (SSSR count). The summed E-state index contributed by atoms with van der Waals surface area (Å²) in [5.74, 6) is -2.16. The van der Waals surface area contributed by atoms with Crippen molar-refractivity contribution in [2.75, 3.05) is 64.7 Å². The fraction of sp³-hybridized carbons (Fsp3) is 0.643. The molecule has 0 bridgehead atoms. The maximum atomic E-state index is 17.6. The maximum Gasteiger partial charge on any atom is 0.319 e. The van der Waals surface area contributed by atoms with Crippen molar-refractivity contribution in [1.29, 1.82) is 0 Å². The van der Waals surface area contributed by atoms with Gasteiger partial charge in [0.05, 0.1) is 52.4 Å². The second-order valence-corrected chi connectivity index (χ2v) is 17.3. The van der Waals surface area contributed by atoms with Gasteiger partial charge in [0.2, 0.25) is 5.88 Å². The van der Waals surface area contributed by atoms with E-state index in [1.807, 2.05) is 18.7 Å². The van der Waals surface area contributed by atoms with Crippen LogP contribution in [0.3, 0.4) is 0 Å². The van der Waals surface area contributed by atoms with E-state index < -0.39 is 34.4 Å². The molecule has 2 aromatic rings. The van der Waals surface area contributed by atoms with Crippen LogP contribution in [-0.4, -0.2) is 113 Å². The Balaban J connectivity index is 1.12. The van der Waals surface area contributed by atoms with Crippen molar-refractivity contribution in [2.45, 2.75) is 102 Å². The third-order valence-corrected chi connectivity index (χ3v) is 13.7. The Hall–Kier alpha value is -3.69. The van der Waals surface area contributed by atoms with Gasteiger partial charge in [-0.15, -0.1) is 0 Å². The lowest BCUT2D eigenvalue weighted by Crippen LogP contribution is -2.63. The second-order valence-electron chi connectivity index (χ2n) is 17.3. The number of methoxy groups -OCH3 is 1. The van der Waals surface area contributed by atoms with Crippen LogP contribution in [0.4, 0.5) is 14.6 Å². The molecule has 2 aromatic heterocycles. The molecule has 14 heteroatoms. The van der Waals surface area contributed by atoms with E-state index in [0.29, 0.717) is 68.4 Å². The van der Waals surface area contributed by atoms with Crippen LogP contribution in [0.15, 0.2) is 47.0 Å². The van der Waals surface area contributed by atoms with Crippen molar-refractivity contribution < 1.29 is 42.7 Å². The second kappa shape index (κ2) is 14.0. The van der Waals surface area contributed by atoms with E-state index in [4.69, 9.17) is 38.6 Å². The highest BCUT2D eigenvalue weighted by Crippen LogP contribution is 2.57. The number of anilines is 1. The van der Waals surface area contributed by atoms with Crippen molar-refractivity contribution in [3.8, 4) is 11.9 Å². The summed E-state index contributed by atoms with van der Waals surface area (Å²) in [6.45, 7) is 9.02. The van der Waals surface area contributed by atoms with Gasteiger partial charge in [-0.2, -0.15) is 9.97 Å². The molecular formula is C42H53F2N5O7. The van der Waals surface area contributed by atoms with E-state index >= 15 is 8.78 Å². The van der Waals surface area contributed by atoms with Crippen molar-refractivity contribution in [2.24, 2.45) is 10.8 Å². The molecule has 0 radical (unpaired) electrons. The molecule has 5 fully saturated rings. The van der Waals surface area contributed by atoms with Gasteiger partial charge in [0.15, 0.2) is 11.6 Å². The van der Waals surface area contributed by atoms with Crippen molar-refractivity contribution >= 4 is 16.7 Å². The summed E-state index contributed by atoms with van der Waals surface area (Å²) in [4.78, 5) is 19.0. The monoisotopic (exact) mass is 777 g/mol. The minimum Gasteiger partial charge on any atom is -0.508 e. The smallest absolute Gasteiger partial charge is 0.319 e. The summed E-state index contributed by atoms with van der Waals surface area (Å²) in [7, 11) is 1.45. The van der Waals surface area contributed by atoms with Crippen LogP contribution in [0.5, 0.6) is 11.9 Å². The lowest BCUT2D eigenvalue weighted by molar-refractivity contribution is -0.242. The Morgan fingerprint density at radius 3 is 2.57 bits per heavy atom. The first kappa shape index (κ1) is 37.9. The molecule has 3 saturated heterocycles. The number of hydrogen-bond acceptors (Lipinski definition) is 12. The highest BCUT2D eigenvalue weighted by Gasteiger charge is 2.57. The van der Waals surface area contributed by atoms with Gasteiger partial charge in [-0.3, -0.25) is 4.90 Å². The number of halogens is 2. The molecule has 302 valence electrons. The Morgan fingerprint density at radius 2 is 1.80 bits per heavy atom. The van der Waals surface area contributed by atoms with E-state index in [1.165, 1.54) is 19.3 Å². The zero-order chi connectivity index (χ0) is 39.0. The Morgan fingerprint density at radius 1 is 1.02 bits per heavy atom. The molecule has 2 saturated carbocycles. The number of piperidine rings is 1. The zero-order valence-electron chi connectivity index (χ0n) is 32.8. The molecule has 12 nitrogen and oxygen atoms in total. The summed E-state index contributed by atoms with van der Waals surface area (Å²) in [6, 6.07) is 0.731. The van der Waals surface area contributed by atoms with Gasteiger partial charge in [0.25, 0.3) is 0 Å². The Bertz CT molecular complexity index is 2020. The molecule has 5 unspecified atom stereocenters. The number of hydrogen-bond donors (Lipinski definition) is 2. The zero-order valence-corrected chi connectivity index (χ0v) is 32.8. The molecular weight excluding hydrogens is 724 g/mol. The van der Waals surface area contributed by atoms with Crippen LogP contribution in [0, 0.1) is 16.6 Å². The fourth-order valence-electron chi connectivity index (χ4n) is 11.0. The van der Waals surface area contributed by atoms with Gasteiger partial charge in [-0.05, 0) is 74.9 Å². The number of aliphatic hydroxyl groups excluding tert-OH is 1. The normalized spacial score (nSPS) is 33.2. The minimum atomic E-state index is -1.23. The largest absolute Gasteiger partial charge is 0.508 e. The van der Waals surface area contributed by atoms with E-state index in [1.54, 1.807) is 19.1 Å². The summed E-state index contributed by atoms with van der Waals surface area (Å²) in [5, 5.41) is 22.4. The van der Waals surface area contributed by atoms with Crippen molar-refractivity contribution in [3.05, 3.63) is 58.5 Å². The Labute approximate surface area is 326 Å². The average Bonchev–Trinajstić information content (AvgIpc) is 3.79. The highest BCUT2D eigenvalue weighted by molar-refractivity contribution is 5.95. The number of pyridine rings is 1. The number of allylic oxidation sites excluding steroid dienone is 7. The van der Waals surface area contributed by atoms with Crippen LogP contribution < -0.4 is 14.4 Å². The molecule has 5 heterocycles. The first-order chi connectivity index (χ1) is 26.9. The van der Waals surface area contributed by atoms with Gasteiger partial charge in [-0.25, -0.2) is 13.8 Å². The molecule has 5 atom stereocenters. The standard InChI is InChI=1S/C42H53F2N5O7/c1-5-28-30(43)10-9-25-18-27(50)19-29(40(25,28)3)34-33(44)35-32(37(45-34)52-4)36(48-14-15-53-23-39(2,51)22-48)47-38(46-35)54-24-41-11-6-8-31(41)49(13-7-12-41)26-20-42(21-26)55-16-17-56-42/h9-10,18-19,26,29,31,50-51H,5-8,11-17,20-24H2,1-4H3. The number of aliphatic hydroxyl groups is 2. The molecule has 3 aliphatic heterocycles. The molecule has 56 heavy (non-hydrogen) atoms. The first-order valence-corrected chi connectivity index (χ1v) is 20.3. The Kier molecular flexibility index (Phi) is 9.47. The first-order valence-electron chi connectivity index (χ1n) is 20.3. The van der Waals surface area contributed by atoms with Crippen molar-refractivity contribution in [1.82, 2.24) is 19.9 Å². The van der Waals surface area contributed by atoms with Crippen molar-refractivity contribution in [3.63, 3.8) is 0 Å². The van der Waals surface area contributed by atoms with Crippen LogP contribution in [0.25, 0.3) is 10.9 Å². The van der Waals surface area contributed by atoms with Gasteiger partial charge < -0.3 is 38.8 Å². The average molecular weight is 778 g/mol. The number of rotatable bonds is 8. The summed E-state index contributed by atoms with van der Waals surface area (Å²) in [6.07, 6.45) is 13.5. The highest BCUT2D eigenvalue weighted by atomic mass is 19.1. The molecule has 2 N–H and O–H groups in total. The molecule has 0 aromatic carbocycles. The van der Waals surface area contributed by atoms with E-state index in [-0.39, 0.29) is 52.8 Å². The molecule has 4 aliphatic carbocycles. The van der Waals surface area contributed by atoms with Gasteiger partial charge >= 0.3 is 6.01 Å². The molecule has 7 aliphatic rings. The predicted molar refractivity (Wildman–Crippen MR) is 204 cm³/mol. The number of fused-ring (bicyclic) bond motifs is 3. The molecule has 0 amide bonds. The number of β-amino-alcohol motifs (C(OH)–C–C–N with tert-alkyl or cyclic N) is 1. The quantitative estimate of drug-likeness (QED) is 0.310. The lowest BCUT2D eigenvalue weighted by Gasteiger charge is -2.55. The fourth-order valence-corrected chi connectivity index (χ4v) is 11.0. The van der Waals surface area contributed by atoms with E-state index in [0.717, 1.165) is 51.5 Å². The summed E-state index contributed by atoms with van der Waals surface area (Å²) < 4.78 is 63.4. The number of aromatic nitrogens is 3. The predicted octanol–water partition coefficient (Wildman–Crippen LogP) is 6.35. The number of ether oxygens (including phenoxy) is 5. The van der Waals surface area contributed by atoms with Crippen LogP contribution in [0.1, 0.15) is 83.7 Å². The van der Waals surface area contributed by atoms with E-state index in [2.05, 4.69) is 4.90 Å². The minimum absolute atomic E-state index is 0.0116. The van der Waals surface area contributed by atoms with Crippen LogP contribution in [0.2, 0.25) is 0 Å². The van der Waals surface area contributed by atoms with Gasteiger partial charge in [0.1, 0.15) is 33.9 Å². The van der Waals surface area contributed by atoms with Gasteiger partial charge in [-0.1, -0.05) is 26.3 Å². The number of nitrogens with zero attached hydrogens (tertiary/aromatic N) is 5. The third-order valence-electron chi connectivity index (χ3n) is 13.7. The number of likely N-dealkylation sites (tertiary alicyclic amines) is 1. The van der Waals surface area contributed by atoms with Crippen LogP contribution >= 0.6 is 0 Å². The van der Waals surface area contributed by atoms with Crippen LogP contribution in [-0.2, 0) is 14.2 Å². The lowest BCUT2D eigenvalue weighted by atomic mass is 9.60. The SMILES string of the molecule is CCC1=C(F)C=CC2=CC(O)=CC(c3nc(OC)c4c(N5CCOCC(C)(O)C5)nc(OCC56CCCC5N(C5CC7(C5)OCCO7)CCC6)nc4c3F)C21C. The van der Waals surface area contributed by atoms with Gasteiger partial charge in [0, 0.05) is 48.2 Å². The molecule has 1 spiro atoms. The topological polar surface area (TPSA) is 132 Å². The summed E-state index contributed by atoms with van der Waals surface area (Å²) in [5.41, 5.74) is -1.40.